The molecule has 366 valence electrons. The summed E-state index contributed by atoms with van der Waals surface area (Å²) in [5.41, 5.74) is -7.11. The van der Waals surface area contributed by atoms with Crippen molar-refractivity contribution in [3.63, 3.8) is 0 Å². The SMILES string of the molecule is CC(=O)O[C@@]12CO[C@@H]1C[C@H](OCCO)[C@@]1(C)C(=O)[C@H](OCCO)C3=C(C)[C@@H](OC(=O)[C@H](OC4CC4)[C@@H](NC(=O)OC(C)(C)C)c4ccccc4)C[C@@](O)([C@@H](OC(=O)c4ccccc4)C12)C3(C)C. The summed E-state index contributed by atoms with van der Waals surface area (Å²) in [7, 11) is 0. The zero-order valence-corrected chi connectivity index (χ0v) is 39.5. The number of nitrogens with one attached hydrogen (secondary N) is 1. The van der Waals surface area contributed by atoms with Gasteiger partial charge in [-0.25, -0.2) is 14.4 Å². The molecule has 1 heterocycles. The third-order valence-electron chi connectivity index (χ3n) is 14.1. The number of Topliss-reactive ketones (excluding diaryl/α,β-unsaturated/α-hetero) is 1. The molecule has 1 amide bonds. The highest BCUT2D eigenvalue weighted by atomic mass is 16.6. The molecule has 17 heteroatoms. The molecule has 17 nitrogen and oxygen atoms in total. The number of alkyl carbamates (subject to hydrolysis) is 1. The van der Waals surface area contributed by atoms with Gasteiger partial charge in [0.2, 0.25) is 0 Å². The smallest absolute Gasteiger partial charge is 0.408 e. The molecule has 4 aliphatic carbocycles. The second-order valence-electron chi connectivity index (χ2n) is 20.0. The molecular weight excluding hydrogens is 871 g/mol. The van der Waals surface area contributed by atoms with E-state index >= 15 is 9.59 Å². The molecule has 1 unspecified atom stereocenters. The van der Waals surface area contributed by atoms with Crippen molar-refractivity contribution in [1.82, 2.24) is 5.32 Å². The fourth-order valence-electron chi connectivity index (χ4n) is 10.8. The number of ketones is 1. The lowest BCUT2D eigenvalue weighted by Crippen LogP contribution is -2.82. The van der Waals surface area contributed by atoms with E-state index in [0.717, 1.165) is 0 Å². The van der Waals surface area contributed by atoms with Crippen LogP contribution in [0.1, 0.15) is 103 Å². The van der Waals surface area contributed by atoms with E-state index in [1.807, 2.05) is 0 Å². The van der Waals surface area contributed by atoms with E-state index in [1.54, 1.807) is 97.0 Å². The van der Waals surface area contributed by atoms with Gasteiger partial charge in [-0.15, -0.1) is 0 Å². The second-order valence-corrected chi connectivity index (χ2v) is 20.0. The van der Waals surface area contributed by atoms with Gasteiger partial charge in [-0.3, -0.25) is 9.59 Å². The first kappa shape index (κ1) is 50.1. The maximum atomic E-state index is 16.0. The number of hydrogen-bond donors (Lipinski definition) is 4. The number of ether oxygens (including phenoxy) is 8. The summed E-state index contributed by atoms with van der Waals surface area (Å²) in [6.07, 6.45) is -8.38. The standard InChI is InChI=1S/C50H65NO16/c1-28-33(64-44(57)39(63-32-19-20-32)37(30-15-11-9-12-16-30)51-45(58)67-46(3,4)5)26-50(59)42(65-43(56)31-17-13-10-14-18-31)40-48(8,41(55)38(61-24-22-53)36(28)47(50,6)7)34(60-23-21-52)25-35-49(40,27-62-35)66-29(2)54/h9-18,32-35,37-40,42,52-53,59H,19-27H2,1-8H3,(H,51,58)/t33-,34-,35+,37-,38+,39+,40?,42-,48+,49-,50+/m0/s1. The van der Waals surface area contributed by atoms with Crippen LogP contribution in [0.2, 0.25) is 0 Å². The number of carbonyl (C=O) groups excluding carboxylic acids is 5. The van der Waals surface area contributed by atoms with E-state index in [0.29, 0.717) is 24.0 Å². The van der Waals surface area contributed by atoms with Crippen LogP contribution in [0.3, 0.4) is 0 Å². The summed E-state index contributed by atoms with van der Waals surface area (Å²) < 4.78 is 50.1. The van der Waals surface area contributed by atoms with Gasteiger partial charge in [0.15, 0.2) is 17.5 Å². The number of carbonyl (C=O) groups is 5. The van der Waals surface area contributed by atoms with Crippen LogP contribution in [0, 0.1) is 16.7 Å². The number of benzene rings is 2. The fraction of sp³-hybridized carbons (Fsp3) is 0.620. The van der Waals surface area contributed by atoms with Crippen LogP contribution in [-0.2, 0) is 52.3 Å². The van der Waals surface area contributed by atoms with E-state index in [9.17, 15) is 29.7 Å². The number of aliphatic hydroxyl groups excluding tert-OH is 2. The monoisotopic (exact) mass is 935 g/mol. The van der Waals surface area contributed by atoms with Crippen molar-refractivity contribution in [3.8, 4) is 0 Å². The van der Waals surface area contributed by atoms with Crippen LogP contribution >= 0.6 is 0 Å². The summed E-state index contributed by atoms with van der Waals surface area (Å²) in [5, 5.41) is 37.1. The first-order chi connectivity index (χ1) is 31.6. The minimum atomic E-state index is -2.29. The summed E-state index contributed by atoms with van der Waals surface area (Å²) in [6, 6.07) is 15.7. The lowest BCUT2D eigenvalue weighted by atomic mass is 9.44. The van der Waals surface area contributed by atoms with Gasteiger partial charge in [-0.2, -0.15) is 0 Å². The Kier molecular flexibility index (Phi) is 14.5. The van der Waals surface area contributed by atoms with Gasteiger partial charge in [-0.1, -0.05) is 62.4 Å². The van der Waals surface area contributed by atoms with Crippen molar-refractivity contribution in [3.05, 3.63) is 82.9 Å². The van der Waals surface area contributed by atoms with Crippen LogP contribution in [-0.4, -0.2) is 138 Å². The first-order valence-electron chi connectivity index (χ1n) is 23.0. The number of hydrogen-bond acceptors (Lipinski definition) is 16. The van der Waals surface area contributed by atoms with Gasteiger partial charge in [0.1, 0.15) is 35.6 Å². The Morgan fingerprint density at radius 2 is 1.54 bits per heavy atom. The lowest BCUT2D eigenvalue weighted by Gasteiger charge is -2.68. The Morgan fingerprint density at radius 3 is 2.10 bits per heavy atom. The van der Waals surface area contributed by atoms with Gasteiger partial charge >= 0.3 is 24.0 Å². The molecule has 2 aromatic carbocycles. The van der Waals surface area contributed by atoms with Crippen LogP contribution in [0.15, 0.2) is 71.8 Å². The lowest BCUT2D eigenvalue weighted by molar-refractivity contribution is -0.349. The average molecular weight is 936 g/mol. The molecule has 0 spiro atoms. The van der Waals surface area contributed by atoms with Gasteiger partial charge in [0, 0.05) is 25.2 Å². The third-order valence-corrected chi connectivity index (χ3v) is 14.1. The minimum Gasteiger partial charge on any atom is -0.456 e. The quantitative estimate of drug-likeness (QED) is 0.103. The highest BCUT2D eigenvalue weighted by Crippen LogP contribution is 2.65. The van der Waals surface area contributed by atoms with Crippen molar-refractivity contribution in [1.29, 1.82) is 0 Å². The first-order valence-corrected chi connectivity index (χ1v) is 23.0. The topological polar surface area (TPSA) is 232 Å². The molecule has 0 radical (unpaired) electrons. The van der Waals surface area contributed by atoms with Gasteiger partial charge in [0.25, 0.3) is 0 Å². The molecule has 4 fully saturated rings. The largest absolute Gasteiger partial charge is 0.456 e. The van der Waals surface area contributed by atoms with Gasteiger partial charge in [-0.05, 0) is 76.3 Å². The molecule has 1 saturated heterocycles. The molecule has 3 saturated carbocycles. The number of amides is 1. The van der Waals surface area contributed by atoms with Crippen LogP contribution < -0.4 is 5.32 Å². The van der Waals surface area contributed by atoms with E-state index in [1.165, 1.54) is 19.1 Å². The third kappa shape index (κ3) is 9.52. The van der Waals surface area contributed by atoms with Gasteiger partial charge in [0.05, 0.1) is 68.2 Å². The highest BCUT2D eigenvalue weighted by molar-refractivity contribution is 5.94. The van der Waals surface area contributed by atoms with Crippen molar-refractivity contribution >= 4 is 29.8 Å². The minimum absolute atomic E-state index is 0.000471. The Labute approximate surface area is 390 Å². The zero-order valence-electron chi connectivity index (χ0n) is 39.5. The molecule has 7 rings (SSSR count). The summed E-state index contributed by atoms with van der Waals surface area (Å²) in [4.78, 5) is 72.3. The van der Waals surface area contributed by atoms with Crippen LogP contribution in [0.4, 0.5) is 4.79 Å². The van der Waals surface area contributed by atoms with Gasteiger partial charge < -0.3 is 58.5 Å². The molecule has 2 bridgehead atoms. The Morgan fingerprint density at radius 1 is 0.910 bits per heavy atom. The Bertz CT molecular complexity index is 2190. The molecule has 4 N–H and O–H groups in total. The van der Waals surface area contributed by atoms with Crippen molar-refractivity contribution in [2.24, 2.45) is 16.7 Å². The number of esters is 3. The Balaban J connectivity index is 1.42. The second kappa shape index (κ2) is 19.3. The molecule has 67 heavy (non-hydrogen) atoms. The van der Waals surface area contributed by atoms with Crippen molar-refractivity contribution < 1.29 is 77.2 Å². The summed E-state index contributed by atoms with van der Waals surface area (Å²) in [5.74, 6) is -4.56. The maximum absolute atomic E-state index is 16.0. The molecular formula is C50H65NO16. The predicted molar refractivity (Wildman–Crippen MR) is 237 cm³/mol. The van der Waals surface area contributed by atoms with Crippen LogP contribution in [0.5, 0.6) is 0 Å². The highest BCUT2D eigenvalue weighted by Gasteiger charge is 2.78. The number of rotatable bonds is 16. The summed E-state index contributed by atoms with van der Waals surface area (Å²) in [6.45, 7) is 11.2. The van der Waals surface area contributed by atoms with Crippen molar-refractivity contribution in [2.75, 3.05) is 33.0 Å². The molecule has 11 atom stereocenters. The normalized spacial score (nSPS) is 31.9. The van der Waals surface area contributed by atoms with E-state index in [4.69, 9.17) is 37.9 Å². The molecule has 5 aliphatic rings. The van der Waals surface area contributed by atoms with Crippen molar-refractivity contribution in [2.45, 2.75) is 147 Å². The number of fused-ring (bicyclic) bond motifs is 5. The molecule has 1 aliphatic heterocycles. The van der Waals surface area contributed by atoms with E-state index in [-0.39, 0.29) is 43.5 Å². The zero-order chi connectivity index (χ0) is 48.7. The molecule has 0 aromatic heterocycles. The predicted octanol–water partition coefficient (Wildman–Crippen LogP) is 4.48. The fourth-order valence-corrected chi connectivity index (χ4v) is 10.8. The Hall–Kier alpha value is -4.75. The maximum Gasteiger partial charge on any atom is 0.408 e. The van der Waals surface area contributed by atoms with E-state index < -0.39 is 126 Å². The van der Waals surface area contributed by atoms with Crippen LogP contribution in [0.25, 0.3) is 0 Å². The summed E-state index contributed by atoms with van der Waals surface area (Å²) >= 11 is 0. The van der Waals surface area contributed by atoms with E-state index in [2.05, 4.69) is 5.32 Å². The number of aliphatic hydroxyl groups is 3. The molecule has 2 aromatic rings. The average Bonchev–Trinajstić information content (AvgIpc) is 4.10.